The van der Waals surface area contributed by atoms with Gasteiger partial charge in [0.2, 0.25) is 0 Å². The summed E-state index contributed by atoms with van der Waals surface area (Å²) in [6.07, 6.45) is 13.5. The summed E-state index contributed by atoms with van der Waals surface area (Å²) in [6.45, 7) is 12.8. The first kappa shape index (κ1) is 25.6. The molecule has 170 valence electrons. The zero-order valence-electron chi connectivity index (χ0n) is 18.4. The Hall–Kier alpha value is 0.350. The summed E-state index contributed by atoms with van der Waals surface area (Å²) in [4.78, 5) is 11.7. The van der Waals surface area contributed by atoms with Crippen molar-refractivity contribution < 1.29 is 52.5 Å². The maximum absolute atomic E-state index is 11.7. The highest BCUT2D eigenvalue weighted by Gasteiger charge is 2.39. The van der Waals surface area contributed by atoms with Crippen molar-refractivity contribution in [1.82, 2.24) is 0 Å². The molecular formula is C23H42Br2N2O2. The summed E-state index contributed by atoms with van der Waals surface area (Å²) in [6, 6.07) is 0. The number of nitrogens with zero attached hydrogens (tertiary/aromatic N) is 2. The minimum absolute atomic E-state index is 0. The van der Waals surface area contributed by atoms with Gasteiger partial charge in [0.1, 0.15) is 6.10 Å². The summed E-state index contributed by atoms with van der Waals surface area (Å²) in [7, 11) is 0. The van der Waals surface area contributed by atoms with Crippen molar-refractivity contribution in [3.8, 4) is 0 Å². The predicted molar refractivity (Wildman–Crippen MR) is 108 cm³/mol. The molecule has 4 saturated heterocycles. The van der Waals surface area contributed by atoms with Gasteiger partial charge in [-0.3, -0.25) is 4.79 Å². The van der Waals surface area contributed by atoms with Crippen molar-refractivity contribution in [2.24, 2.45) is 11.8 Å². The molecule has 0 aliphatic carbocycles. The van der Waals surface area contributed by atoms with Crippen molar-refractivity contribution in [2.75, 3.05) is 52.4 Å². The van der Waals surface area contributed by atoms with Crippen LogP contribution in [0.15, 0.2) is 0 Å². The van der Waals surface area contributed by atoms with Gasteiger partial charge < -0.3 is 47.7 Å². The van der Waals surface area contributed by atoms with Crippen LogP contribution in [0.25, 0.3) is 0 Å². The zero-order valence-corrected chi connectivity index (χ0v) is 21.6. The number of carbonyl (C=O) groups excluding carboxylic acids is 1. The standard InChI is InChI=1S/C23H42N2O2.2BrH/c1-20(26)27-23(18-21-6-14-24(15-7-21)10-2-3-11-24)19-22-8-16-25(17-9-22)12-4-5-13-25;;/h21-23H,2-19H2,1H3;2*1H/q+2;;/p-2. The van der Waals surface area contributed by atoms with Crippen LogP contribution in [0.4, 0.5) is 0 Å². The van der Waals surface area contributed by atoms with E-state index in [-0.39, 0.29) is 46.0 Å². The summed E-state index contributed by atoms with van der Waals surface area (Å²) in [5.74, 6) is 1.48. The average molecular weight is 538 g/mol. The highest BCUT2D eigenvalue weighted by molar-refractivity contribution is 5.66. The molecule has 0 atom stereocenters. The van der Waals surface area contributed by atoms with Crippen LogP contribution < -0.4 is 34.0 Å². The fourth-order valence-corrected chi connectivity index (χ4v) is 6.89. The average Bonchev–Trinajstić information content (AvgIpc) is 3.29. The van der Waals surface area contributed by atoms with Crippen LogP contribution in [0.5, 0.6) is 0 Å². The lowest BCUT2D eigenvalue weighted by molar-refractivity contribution is -0.922. The van der Waals surface area contributed by atoms with Crippen molar-refractivity contribution in [2.45, 2.75) is 77.2 Å². The summed E-state index contributed by atoms with van der Waals surface area (Å²) in [5.41, 5.74) is 0. The number of esters is 1. The molecule has 0 amide bonds. The van der Waals surface area contributed by atoms with E-state index in [4.69, 9.17) is 4.74 Å². The molecule has 0 radical (unpaired) electrons. The molecule has 4 nitrogen and oxygen atoms in total. The van der Waals surface area contributed by atoms with Crippen LogP contribution in [-0.4, -0.2) is 73.4 Å². The quantitative estimate of drug-likeness (QED) is 0.292. The van der Waals surface area contributed by atoms with Gasteiger partial charge in [0.15, 0.2) is 0 Å². The highest BCUT2D eigenvalue weighted by Crippen LogP contribution is 2.35. The maximum atomic E-state index is 11.7. The third-order valence-electron chi connectivity index (χ3n) is 8.60. The molecule has 4 fully saturated rings. The second kappa shape index (κ2) is 11.3. The second-order valence-electron chi connectivity index (χ2n) is 10.5. The van der Waals surface area contributed by atoms with E-state index in [1.54, 1.807) is 6.92 Å². The Morgan fingerprint density at radius 2 is 1.07 bits per heavy atom. The number of halogens is 2. The number of ether oxygens (including phenoxy) is 1. The number of hydrogen-bond donors (Lipinski definition) is 0. The molecule has 0 aromatic rings. The molecule has 0 aromatic carbocycles. The van der Waals surface area contributed by atoms with Gasteiger partial charge in [-0.2, -0.15) is 0 Å². The minimum Gasteiger partial charge on any atom is -1.00 e. The summed E-state index contributed by atoms with van der Waals surface area (Å²) < 4.78 is 8.64. The number of rotatable bonds is 5. The topological polar surface area (TPSA) is 26.3 Å². The summed E-state index contributed by atoms with van der Waals surface area (Å²) in [5, 5.41) is 0. The van der Waals surface area contributed by atoms with E-state index >= 15 is 0 Å². The highest BCUT2D eigenvalue weighted by atomic mass is 79.9. The van der Waals surface area contributed by atoms with Gasteiger partial charge in [0, 0.05) is 32.6 Å². The van der Waals surface area contributed by atoms with Gasteiger partial charge >= 0.3 is 5.97 Å². The lowest BCUT2D eigenvalue weighted by Gasteiger charge is -2.42. The molecular weight excluding hydrogens is 496 g/mol. The Morgan fingerprint density at radius 1 is 0.724 bits per heavy atom. The first-order valence-electron chi connectivity index (χ1n) is 11.9. The van der Waals surface area contributed by atoms with Crippen LogP contribution in [0.1, 0.15) is 71.1 Å². The Morgan fingerprint density at radius 3 is 1.38 bits per heavy atom. The van der Waals surface area contributed by atoms with Crippen molar-refractivity contribution in [3.05, 3.63) is 0 Å². The first-order chi connectivity index (χ1) is 13.1. The molecule has 2 spiro atoms. The van der Waals surface area contributed by atoms with Crippen LogP contribution in [0.3, 0.4) is 0 Å². The molecule has 0 saturated carbocycles. The Labute approximate surface area is 199 Å². The molecule has 6 heteroatoms. The van der Waals surface area contributed by atoms with Gasteiger partial charge in [-0.1, -0.05) is 0 Å². The largest absolute Gasteiger partial charge is 1.00 e. The van der Waals surface area contributed by atoms with Gasteiger partial charge in [-0.05, 0) is 50.4 Å². The molecule has 0 bridgehead atoms. The van der Waals surface area contributed by atoms with Gasteiger partial charge in [0.25, 0.3) is 0 Å². The SMILES string of the molecule is CC(=O)OC(CC1CC[N+]2(CCCC2)CC1)CC1CC[N+]2(CCCC2)CC1.[Br-].[Br-]. The monoisotopic (exact) mass is 536 g/mol. The van der Waals surface area contributed by atoms with Gasteiger partial charge in [0.05, 0.1) is 52.4 Å². The van der Waals surface area contributed by atoms with Crippen LogP contribution >= 0.6 is 0 Å². The van der Waals surface area contributed by atoms with Gasteiger partial charge in [-0.15, -0.1) is 0 Å². The molecule has 0 N–H and O–H groups in total. The third-order valence-corrected chi connectivity index (χ3v) is 8.60. The number of carbonyl (C=O) groups is 1. The normalized spacial score (nSPS) is 29.2. The number of hydrogen-bond acceptors (Lipinski definition) is 2. The van der Waals surface area contributed by atoms with Crippen molar-refractivity contribution in [1.29, 1.82) is 0 Å². The molecule has 0 aromatic heterocycles. The zero-order chi connectivity index (χ0) is 18.7. The molecule has 4 heterocycles. The Kier molecular flexibility index (Phi) is 9.97. The second-order valence-corrected chi connectivity index (χ2v) is 10.5. The third kappa shape index (κ3) is 6.66. The van der Waals surface area contributed by atoms with E-state index in [1.807, 2.05) is 0 Å². The smallest absolute Gasteiger partial charge is 0.302 e. The summed E-state index contributed by atoms with van der Waals surface area (Å²) >= 11 is 0. The Bertz CT molecular complexity index is 461. The van der Waals surface area contributed by atoms with Gasteiger partial charge in [-0.25, -0.2) is 0 Å². The van der Waals surface area contributed by atoms with Crippen LogP contribution in [0, 0.1) is 11.8 Å². The van der Waals surface area contributed by atoms with E-state index in [9.17, 15) is 4.79 Å². The van der Waals surface area contributed by atoms with Crippen molar-refractivity contribution in [3.63, 3.8) is 0 Å². The molecule has 4 rings (SSSR count). The van der Waals surface area contributed by atoms with E-state index in [1.165, 1.54) is 113 Å². The van der Waals surface area contributed by atoms with E-state index in [0.717, 1.165) is 24.7 Å². The lowest BCUT2D eigenvalue weighted by Crippen LogP contribution is -3.00. The maximum Gasteiger partial charge on any atom is 0.302 e. The minimum atomic E-state index is -0.0716. The molecule has 4 aliphatic heterocycles. The van der Waals surface area contributed by atoms with E-state index < -0.39 is 0 Å². The number of piperidine rings is 2. The molecule has 29 heavy (non-hydrogen) atoms. The predicted octanol–water partition coefficient (Wildman–Crippen LogP) is -2.25. The van der Waals surface area contributed by atoms with E-state index in [0.29, 0.717) is 0 Å². The first-order valence-corrected chi connectivity index (χ1v) is 11.9. The van der Waals surface area contributed by atoms with Crippen LogP contribution in [0.2, 0.25) is 0 Å². The number of quaternary nitrogens is 2. The van der Waals surface area contributed by atoms with Crippen LogP contribution in [-0.2, 0) is 9.53 Å². The molecule has 4 aliphatic rings. The fraction of sp³-hybridized carbons (Fsp3) is 0.957. The fourth-order valence-electron chi connectivity index (χ4n) is 6.89. The lowest BCUT2D eigenvalue weighted by atomic mass is 9.84. The molecule has 0 unspecified atom stereocenters. The van der Waals surface area contributed by atoms with Crippen molar-refractivity contribution >= 4 is 5.97 Å². The Balaban J connectivity index is 0.00000150. The van der Waals surface area contributed by atoms with E-state index in [2.05, 4.69) is 0 Å².